The van der Waals surface area contributed by atoms with Gasteiger partial charge in [-0.05, 0) is 55.3 Å². The molecule has 0 radical (unpaired) electrons. The van der Waals surface area contributed by atoms with Gasteiger partial charge in [0, 0.05) is 29.2 Å². The lowest BCUT2D eigenvalue weighted by molar-refractivity contribution is -0.0457. The molecule has 5 nitrogen and oxygen atoms in total. The van der Waals surface area contributed by atoms with Crippen molar-refractivity contribution >= 4 is 52.3 Å². The standard InChI is InChI=1S/C25H18Cl4FNO4/c26-13-1-3-17(19(28)9-13)25(18-4-2-14(27)10-20(18)29)34-22-11-16(21(30)12-23(22)35-25)24(33)31-7-5-15(32)6-8-31/h1-4,9-12,15,32H,5-8H2. The second kappa shape index (κ2) is 9.34. The van der Waals surface area contributed by atoms with Gasteiger partial charge in [-0.25, -0.2) is 4.39 Å². The monoisotopic (exact) mass is 555 g/mol. The Morgan fingerprint density at radius 2 is 1.40 bits per heavy atom. The van der Waals surface area contributed by atoms with Gasteiger partial charge in [-0.3, -0.25) is 4.79 Å². The predicted octanol–water partition coefficient (Wildman–Crippen LogP) is 6.71. The Morgan fingerprint density at radius 1 is 0.886 bits per heavy atom. The molecule has 0 saturated carbocycles. The minimum Gasteiger partial charge on any atom is -0.440 e. The van der Waals surface area contributed by atoms with Gasteiger partial charge in [0.1, 0.15) is 5.82 Å². The van der Waals surface area contributed by atoms with Crippen LogP contribution in [0.5, 0.6) is 11.5 Å². The lowest BCUT2D eigenvalue weighted by Gasteiger charge is -2.30. The van der Waals surface area contributed by atoms with E-state index < -0.39 is 23.6 Å². The molecule has 35 heavy (non-hydrogen) atoms. The largest absolute Gasteiger partial charge is 0.440 e. The number of carbonyl (C=O) groups is 1. The van der Waals surface area contributed by atoms with Crippen molar-refractivity contribution in [1.82, 2.24) is 4.90 Å². The third-order valence-corrected chi connectivity index (χ3v) is 7.19. The SMILES string of the molecule is O=C(c1cc2c(cc1F)OC(c1ccc(Cl)cc1Cl)(c1ccc(Cl)cc1Cl)O2)N1CCC(O)CC1. The van der Waals surface area contributed by atoms with Gasteiger partial charge in [0.2, 0.25) is 0 Å². The van der Waals surface area contributed by atoms with Crippen molar-refractivity contribution in [1.29, 1.82) is 0 Å². The summed E-state index contributed by atoms with van der Waals surface area (Å²) in [5, 5.41) is 11.0. The molecule has 1 amide bonds. The summed E-state index contributed by atoms with van der Waals surface area (Å²) in [4.78, 5) is 14.6. The maximum Gasteiger partial charge on any atom is 0.308 e. The second-order valence-corrected chi connectivity index (χ2v) is 10.1. The van der Waals surface area contributed by atoms with Crippen LogP contribution in [0.1, 0.15) is 34.3 Å². The molecule has 3 aromatic rings. The minimum atomic E-state index is -1.69. The zero-order valence-corrected chi connectivity index (χ0v) is 21.1. The van der Waals surface area contributed by atoms with Crippen LogP contribution in [0.2, 0.25) is 20.1 Å². The predicted molar refractivity (Wildman–Crippen MR) is 133 cm³/mol. The van der Waals surface area contributed by atoms with Crippen molar-refractivity contribution < 1.29 is 23.8 Å². The Balaban J connectivity index is 1.60. The zero-order valence-electron chi connectivity index (χ0n) is 18.0. The van der Waals surface area contributed by atoms with Gasteiger partial charge < -0.3 is 19.5 Å². The number of amides is 1. The maximum atomic E-state index is 15.1. The Kier molecular flexibility index (Phi) is 6.53. The number of nitrogens with zero attached hydrogens (tertiary/aromatic N) is 1. The highest BCUT2D eigenvalue weighted by molar-refractivity contribution is 6.36. The number of hydrogen-bond acceptors (Lipinski definition) is 4. The van der Waals surface area contributed by atoms with Crippen LogP contribution >= 0.6 is 46.4 Å². The number of halogens is 5. The van der Waals surface area contributed by atoms with Crippen molar-refractivity contribution in [2.75, 3.05) is 13.1 Å². The lowest BCUT2D eigenvalue weighted by atomic mass is 9.97. The van der Waals surface area contributed by atoms with Gasteiger partial charge in [-0.1, -0.05) is 46.4 Å². The molecule has 0 aliphatic carbocycles. The first kappa shape index (κ1) is 24.5. The first-order valence-electron chi connectivity index (χ1n) is 10.8. The Bertz CT molecular complexity index is 1280. The number of piperidine rings is 1. The van der Waals surface area contributed by atoms with Gasteiger partial charge in [0.05, 0.1) is 32.8 Å². The van der Waals surface area contributed by atoms with E-state index in [9.17, 15) is 9.90 Å². The van der Waals surface area contributed by atoms with Crippen LogP contribution in [0.25, 0.3) is 0 Å². The number of likely N-dealkylation sites (tertiary alicyclic amines) is 1. The van der Waals surface area contributed by atoms with Crippen molar-refractivity contribution in [2.24, 2.45) is 0 Å². The summed E-state index contributed by atoms with van der Waals surface area (Å²) in [5.41, 5.74) is 0.591. The molecule has 0 spiro atoms. The number of rotatable bonds is 3. The van der Waals surface area contributed by atoms with E-state index in [1.54, 1.807) is 24.3 Å². The van der Waals surface area contributed by atoms with Crippen LogP contribution in [0, 0.1) is 5.82 Å². The van der Waals surface area contributed by atoms with E-state index in [2.05, 4.69) is 0 Å². The highest BCUT2D eigenvalue weighted by Crippen LogP contribution is 2.51. The third-order valence-electron chi connectivity index (χ3n) is 6.09. The van der Waals surface area contributed by atoms with Crippen LogP contribution in [0.4, 0.5) is 4.39 Å². The van der Waals surface area contributed by atoms with E-state index in [0.717, 1.165) is 6.07 Å². The number of aliphatic hydroxyl groups is 1. The van der Waals surface area contributed by atoms with Gasteiger partial charge in [0.15, 0.2) is 11.5 Å². The van der Waals surface area contributed by atoms with Crippen molar-refractivity contribution in [3.05, 3.63) is 91.1 Å². The van der Waals surface area contributed by atoms with Gasteiger partial charge >= 0.3 is 5.79 Å². The quantitative estimate of drug-likeness (QED) is 0.389. The molecular weight excluding hydrogens is 539 g/mol. The molecule has 1 saturated heterocycles. The average Bonchev–Trinajstić information content (AvgIpc) is 3.17. The van der Waals surface area contributed by atoms with Crippen LogP contribution < -0.4 is 9.47 Å². The lowest BCUT2D eigenvalue weighted by Crippen LogP contribution is -2.40. The molecule has 0 unspecified atom stereocenters. The molecule has 2 heterocycles. The highest BCUT2D eigenvalue weighted by Gasteiger charge is 2.49. The molecule has 0 bridgehead atoms. The summed E-state index contributed by atoms with van der Waals surface area (Å²) >= 11 is 25.3. The number of hydrogen-bond donors (Lipinski definition) is 1. The van der Waals surface area contributed by atoms with Gasteiger partial charge in [-0.15, -0.1) is 0 Å². The fourth-order valence-electron chi connectivity index (χ4n) is 4.31. The van der Waals surface area contributed by atoms with E-state index in [1.165, 1.54) is 23.1 Å². The summed E-state index contributed by atoms with van der Waals surface area (Å²) in [6, 6.07) is 12.0. The van der Waals surface area contributed by atoms with Crippen LogP contribution in [0.3, 0.4) is 0 Å². The van der Waals surface area contributed by atoms with Crippen molar-refractivity contribution in [3.8, 4) is 11.5 Å². The van der Waals surface area contributed by atoms with E-state index in [4.69, 9.17) is 55.9 Å². The molecule has 2 aliphatic rings. The molecule has 182 valence electrons. The van der Waals surface area contributed by atoms with Crippen LogP contribution in [-0.2, 0) is 5.79 Å². The number of carbonyl (C=O) groups excluding carboxylic acids is 1. The third kappa shape index (κ3) is 4.43. The summed E-state index contributed by atoms with van der Waals surface area (Å²) < 4.78 is 27.6. The first-order chi connectivity index (χ1) is 16.7. The molecule has 1 fully saturated rings. The highest BCUT2D eigenvalue weighted by atomic mass is 35.5. The molecule has 0 atom stereocenters. The van der Waals surface area contributed by atoms with Crippen molar-refractivity contribution in [3.63, 3.8) is 0 Å². The summed E-state index contributed by atoms with van der Waals surface area (Å²) in [7, 11) is 0. The Morgan fingerprint density at radius 3 is 1.91 bits per heavy atom. The zero-order chi connectivity index (χ0) is 24.9. The van der Waals surface area contributed by atoms with E-state index in [1.807, 2.05) is 0 Å². The second-order valence-electron chi connectivity index (χ2n) is 8.37. The number of aliphatic hydroxyl groups excluding tert-OH is 1. The molecule has 5 rings (SSSR count). The van der Waals surface area contributed by atoms with E-state index in [0.29, 0.717) is 47.1 Å². The number of fused-ring (bicyclic) bond motifs is 1. The average molecular weight is 557 g/mol. The fourth-order valence-corrected chi connectivity index (χ4v) is 5.37. The molecular formula is C25H18Cl4FNO4. The van der Waals surface area contributed by atoms with E-state index >= 15 is 4.39 Å². The van der Waals surface area contributed by atoms with E-state index in [-0.39, 0.29) is 27.1 Å². The van der Waals surface area contributed by atoms with Crippen LogP contribution in [0.15, 0.2) is 48.5 Å². The number of ether oxygens (including phenoxy) is 2. The summed E-state index contributed by atoms with van der Waals surface area (Å²) in [6.45, 7) is 0.664. The molecule has 10 heteroatoms. The molecule has 2 aliphatic heterocycles. The normalized spacial score (nSPS) is 17.0. The van der Waals surface area contributed by atoms with Gasteiger partial charge in [0.25, 0.3) is 5.91 Å². The van der Waals surface area contributed by atoms with Crippen LogP contribution in [-0.4, -0.2) is 35.1 Å². The summed E-state index contributed by atoms with van der Waals surface area (Å²) in [6.07, 6.45) is 0.408. The van der Waals surface area contributed by atoms with Crippen molar-refractivity contribution in [2.45, 2.75) is 24.7 Å². The molecule has 0 aromatic heterocycles. The topological polar surface area (TPSA) is 59.0 Å². The Hall–Kier alpha value is -2.22. The maximum absolute atomic E-state index is 15.1. The minimum absolute atomic E-state index is 0.0742. The smallest absolute Gasteiger partial charge is 0.308 e. The Labute approximate surface area is 220 Å². The first-order valence-corrected chi connectivity index (χ1v) is 12.3. The van der Waals surface area contributed by atoms with Gasteiger partial charge in [-0.2, -0.15) is 0 Å². The summed E-state index contributed by atoms with van der Waals surface area (Å²) in [5.74, 6) is -2.72. The number of benzene rings is 3. The molecule has 3 aromatic carbocycles. The fraction of sp³-hybridized carbons (Fsp3) is 0.240. The molecule has 1 N–H and O–H groups in total.